The summed E-state index contributed by atoms with van der Waals surface area (Å²) in [6.07, 6.45) is 2.38. The zero-order chi connectivity index (χ0) is 19.4. The Bertz CT molecular complexity index is 829. The monoisotopic (exact) mass is 386 g/mol. The molecule has 0 saturated carbocycles. The molecule has 3 rings (SSSR count). The number of nitrogens with one attached hydrogen (secondary N) is 1. The lowest BCUT2D eigenvalue weighted by atomic mass is 9.87. The molecule has 5 nitrogen and oxygen atoms in total. The number of amides is 2. The minimum absolute atomic E-state index is 0.0305. The molecule has 27 heavy (non-hydrogen) atoms. The molecule has 0 radical (unpaired) electrons. The van der Waals surface area contributed by atoms with Crippen LogP contribution in [0.25, 0.3) is 0 Å². The smallest absolute Gasteiger partial charge is 0.263 e. The topological polar surface area (TPSA) is 58.6 Å². The zero-order valence-corrected chi connectivity index (χ0v) is 16.9. The van der Waals surface area contributed by atoms with E-state index >= 15 is 0 Å². The summed E-state index contributed by atoms with van der Waals surface area (Å²) in [5.74, 6) is 0.867. The van der Waals surface area contributed by atoms with Crippen molar-refractivity contribution in [3.05, 3.63) is 51.2 Å². The molecule has 1 N–H and O–H groups in total. The van der Waals surface area contributed by atoms with Gasteiger partial charge in [0.1, 0.15) is 5.75 Å². The van der Waals surface area contributed by atoms with Crippen molar-refractivity contribution in [3.8, 4) is 5.75 Å². The molecule has 1 aliphatic rings. The van der Waals surface area contributed by atoms with Gasteiger partial charge >= 0.3 is 0 Å². The van der Waals surface area contributed by atoms with Crippen LogP contribution in [-0.2, 0) is 24.2 Å². The quantitative estimate of drug-likeness (QED) is 0.829. The van der Waals surface area contributed by atoms with E-state index in [2.05, 4.69) is 5.32 Å². The van der Waals surface area contributed by atoms with Gasteiger partial charge in [0.05, 0.1) is 11.5 Å². The Kier molecular flexibility index (Phi) is 6.16. The molecule has 0 bridgehead atoms. The number of thiophene rings is 1. The second-order valence-electron chi connectivity index (χ2n) is 6.96. The van der Waals surface area contributed by atoms with Crippen LogP contribution in [-0.4, -0.2) is 37.4 Å². The van der Waals surface area contributed by atoms with Crippen LogP contribution in [0.2, 0.25) is 0 Å². The van der Waals surface area contributed by atoms with E-state index in [0.717, 1.165) is 34.6 Å². The van der Waals surface area contributed by atoms with Crippen molar-refractivity contribution in [1.29, 1.82) is 0 Å². The molecule has 0 unspecified atom stereocenters. The van der Waals surface area contributed by atoms with Crippen molar-refractivity contribution < 1.29 is 14.3 Å². The molecule has 0 spiro atoms. The maximum atomic E-state index is 12.7. The Balaban J connectivity index is 1.62. The first kappa shape index (κ1) is 19.4. The van der Waals surface area contributed by atoms with Gasteiger partial charge in [-0.05, 0) is 43.9 Å². The van der Waals surface area contributed by atoms with E-state index in [1.807, 2.05) is 37.3 Å². The molecule has 1 heterocycles. The van der Waals surface area contributed by atoms with Gasteiger partial charge in [0.15, 0.2) is 0 Å². The van der Waals surface area contributed by atoms with Gasteiger partial charge < -0.3 is 15.0 Å². The van der Waals surface area contributed by atoms with E-state index in [4.69, 9.17) is 4.74 Å². The number of rotatable bonds is 6. The van der Waals surface area contributed by atoms with Crippen LogP contribution < -0.4 is 10.1 Å². The van der Waals surface area contributed by atoms with E-state index in [0.29, 0.717) is 19.6 Å². The lowest BCUT2D eigenvalue weighted by Crippen LogP contribution is -2.33. The third-order valence-corrected chi connectivity index (χ3v) is 6.02. The first-order valence-electron chi connectivity index (χ1n) is 9.31. The van der Waals surface area contributed by atoms with Gasteiger partial charge in [0, 0.05) is 37.0 Å². The summed E-state index contributed by atoms with van der Waals surface area (Å²) in [6.45, 7) is 3.01. The van der Waals surface area contributed by atoms with Gasteiger partial charge in [-0.2, -0.15) is 0 Å². The number of benzene rings is 1. The van der Waals surface area contributed by atoms with E-state index in [-0.39, 0.29) is 17.7 Å². The highest BCUT2D eigenvalue weighted by molar-refractivity contribution is 7.14. The molecule has 1 aromatic carbocycles. The number of hydrogen-bond donors (Lipinski definition) is 1. The lowest BCUT2D eigenvalue weighted by molar-refractivity contribution is -0.125. The van der Waals surface area contributed by atoms with Crippen molar-refractivity contribution in [3.63, 3.8) is 0 Å². The van der Waals surface area contributed by atoms with Crippen LogP contribution >= 0.6 is 11.3 Å². The highest BCUT2D eigenvalue weighted by Gasteiger charge is 2.27. The van der Waals surface area contributed by atoms with Crippen molar-refractivity contribution in [2.24, 2.45) is 5.92 Å². The van der Waals surface area contributed by atoms with Crippen LogP contribution in [0.4, 0.5) is 0 Å². The number of carbonyl (C=O) groups is 2. The number of aryl methyl sites for hydroxylation is 1. The Hall–Kier alpha value is -2.34. The van der Waals surface area contributed by atoms with Crippen LogP contribution in [0.1, 0.15) is 39.0 Å². The third kappa shape index (κ3) is 4.50. The number of ether oxygens (including phenoxy) is 1. The van der Waals surface area contributed by atoms with Crippen molar-refractivity contribution in [2.75, 3.05) is 20.7 Å². The van der Waals surface area contributed by atoms with Gasteiger partial charge in [-0.3, -0.25) is 9.59 Å². The highest BCUT2D eigenvalue weighted by atomic mass is 32.1. The van der Waals surface area contributed by atoms with Crippen LogP contribution in [0.3, 0.4) is 0 Å². The van der Waals surface area contributed by atoms with Gasteiger partial charge in [-0.1, -0.05) is 18.2 Å². The molecule has 1 aliphatic carbocycles. The minimum Gasteiger partial charge on any atom is -0.494 e. The number of carbonyl (C=O) groups excluding carboxylic acids is 2. The summed E-state index contributed by atoms with van der Waals surface area (Å²) >= 11 is 1.56. The maximum absolute atomic E-state index is 12.7. The van der Waals surface area contributed by atoms with Gasteiger partial charge in [-0.15, -0.1) is 11.3 Å². The predicted molar refractivity (Wildman–Crippen MR) is 107 cm³/mol. The predicted octanol–water partition coefficient (Wildman–Crippen LogP) is 3.27. The summed E-state index contributed by atoms with van der Waals surface area (Å²) in [4.78, 5) is 28.4. The largest absolute Gasteiger partial charge is 0.494 e. The SMILES string of the molecule is CCOc1ccccc1CNC(=O)[C@@H]1CCc2sc(C(=O)N(C)C)cc2C1. The maximum Gasteiger partial charge on any atom is 0.263 e. The Morgan fingerprint density at radius 3 is 2.81 bits per heavy atom. The fourth-order valence-electron chi connectivity index (χ4n) is 3.35. The van der Waals surface area contributed by atoms with Gasteiger partial charge in [0.25, 0.3) is 5.91 Å². The summed E-state index contributed by atoms with van der Waals surface area (Å²) in [5, 5.41) is 3.06. The number of para-hydroxylation sites is 1. The number of nitrogens with zero attached hydrogens (tertiary/aromatic N) is 1. The second kappa shape index (κ2) is 8.57. The lowest BCUT2D eigenvalue weighted by Gasteiger charge is -2.21. The van der Waals surface area contributed by atoms with Crippen molar-refractivity contribution in [1.82, 2.24) is 10.2 Å². The van der Waals surface area contributed by atoms with Gasteiger partial charge in [-0.25, -0.2) is 0 Å². The summed E-state index contributed by atoms with van der Waals surface area (Å²) in [5.41, 5.74) is 2.13. The first-order valence-corrected chi connectivity index (χ1v) is 10.1. The molecular formula is C21H26N2O3S. The van der Waals surface area contributed by atoms with E-state index < -0.39 is 0 Å². The highest BCUT2D eigenvalue weighted by Crippen LogP contribution is 2.33. The zero-order valence-electron chi connectivity index (χ0n) is 16.1. The van der Waals surface area contributed by atoms with Crippen molar-refractivity contribution >= 4 is 23.2 Å². The fourth-order valence-corrected chi connectivity index (χ4v) is 4.58. The second-order valence-corrected chi connectivity index (χ2v) is 8.09. The Labute approximate surface area is 164 Å². The van der Waals surface area contributed by atoms with Gasteiger partial charge in [0.2, 0.25) is 5.91 Å². The Morgan fingerprint density at radius 2 is 2.07 bits per heavy atom. The van der Waals surface area contributed by atoms with E-state index in [1.54, 1.807) is 30.3 Å². The molecule has 0 aliphatic heterocycles. The third-order valence-electron chi connectivity index (χ3n) is 4.80. The fraction of sp³-hybridized carbons (Fsp3) is 0.429. The molecule has 0 fully saturated rings. The van der Waals surface area contributed by atoms with Crippen LogP contribution in [0.5, 0.6) is 5.75 Å². The minimum atomic E-state index is -0.0475. The van der Waals surface area contributed by atoms with Crippen LogP contribution in [0, 0.1) is 5.92 Å². The number of hydrogen-bond acceptors (Lipinski definition) is 4. The van der Waals surface area contributed by atoms with E-state index in [9.17, 15) is 9.59 Å². The number of fused-ring (bicyclic) bond motifs is 1. The van der Waals surface area contributed by atoms with Crippen LogP contribution in [0.15, 0.2) is 30.3 Å². The molecule has 0 saturated heterocycles. The summed E-state index contributed by atoms with van der Waals surface area (Å²) in [7, 11) is 3.52. The standard InChI is InChI=1S/C21H26N2O3S/c1-4-26-17-8-6-5-7-15(17)13-22-20(24)14-9-10-18-16(11-14)12-19(27-18)21(25)23(2)3/h5-8,12,14H,4,9-11,13H2,1-3H3,(H,22,24)/t14-/m1/s1. The molecule has 1 aromatic heterocycles. The molecular weight excluding hydrogens is 360 g/mol. The molecule has 2 amide bonds. The molecule has 6 heteroatoms. The molecule has 144 valence electrons. The Morgan fingerprint density at radius 1 is 1.30 bits per heavy atom. The average Bonchev–Trinajstić information content (AvgIpc) is 3.09. The average molecular weight is 387 g/mol. The molecule has 1 atom stereocenters. The van der Waals surface area contributed by atoms with Crippen molar-refractivity contribution in [2.45, 2.75) is 32.7 Å². The summed E-state index contributed by atoms with van der Waals surface area (Å²) in [6, 6.07) is 9.74. The molecule has 2 aromatic rings. The normalized spacial score (nSPS) is 15.7. The summed E-state index contributed by atoms with van der Waals surface area (Å²) < 4.78 is 5.62. The first-order chi connectivity index (χ1) is 13.0. The van der Waals surface area contributed by atoms with E-state index in [1.165, 1.54) is 4.88 Å².